The molecule has 20 heavy (non-hydrogen) atoms. The number of methoxy groups -OCH3 is 2. The van der Waals surface area contributed by atoms with Crippen molar-refractivity contribution in [2.75, 3.05) is 14.2 Å². The van der Waals surface area contributed by atoms with Crippen LogP contribution in [0.4, 0.5) is 4.39 Å². The first-order valence-electron chi connectivity index (χ1n) is 6.35. The minimum atomic E-state index is -0.337. The van der Waals surface area contributed by atoms with Crippen LogP contribution < -0.4 is 15.2 Å². The Morgan fingerprint density at radius 3 is 2.40 bits per heavy atom. The molecular formula is C16H18FNO2. The van der Waals surface area contributed by atoms with Gasteiger partial charge in [-0.1, -0.05) is 24.3 Å². The molecule has 106 valence electrons. The summed E-state index contributed by atoms with van der Waals surface area (Å²) in [5, 5.41) is 0. The van der Waals surface area contributed by atoms with Crippen molar-refractivity contribution in [3.63, 3.8) is 0 Å². The van der Waals surface area contributed by atoms with E-state index in [1.165, 1.54) is 6.07 Å². The third-order valence-corrected chi connectivity index (χ3v) is 3.20. The molecule has 0 aliphatic heterocycles. The van der Waals surface area contributed by atoms with Gasteiger partial charge in [0.2, 0.25) is 0 Å². The first kappa shape index (κ1) is 14.3. The van der Waals surface area contributed by atoms with Gasteiger partial charge in [-0.25, -0.2) is 4.39 Å². The molecular weight excluding hydrogens is 257 g/mol. The monoisotopic (exact) mass is 275 g/mol. The van der Waals surface area contributed by atoms with E-state index >= 15 is 0 Å². The summed E-state index contributed by atoms with van der Waals surface area (Å²) in [6.45, 7) is 1.75. The second-order valence-electron chi connectivity index (χ2n) is 4.57. The van der Waals surface area contributed by atoms with Gasteiger partial charge in [0.1, 0.15) is 5.82 Å². The van der Waals surface area contributed by atoms with Crippen LogP contribution in [0, 0.1) is 5.82 Å². The molecule has 0 fully saturated rings. The number of ether oxygens (including phenoxy) is 2. The summed E-state index contributed by atoms with van der Waals surface area (Å²) in [5.41, 5.74) is 7.72. The Hall–Kier alpha value is -2.07. The van der Waals surface area contributed by atoms with Crippen LogP contribution in [0.1, 0.15) is 18.5 Å². The summed E-state index contributed by atoms with van der Waals surface area (Å²) in [4.78, 5) is 0. The summed E-state index contributed by atoms with van der Waals surface area (Å²) >= 11 is 0. The van der Waals surface area contributed by atoms with Crippen molar-refractivity contribution in [2.45, 2.75) is 13.0 Å². The van der Waals surface area contributed by atoms with Crippen LogP contribution in [0.25, 0.3) is 11.1 Å². The molecule has 2 N–H and O–H groups in total. The fraction of sp³-hybridized carbons (Fsp3) is 0.250. The molecule has 0 saturated carbocycles. The Morgan fingerprint density at radius 1 is 1.10 bits per heavy atom. The number of halogens is 1. The van der Waals surface area contributed by atoms with E-state index in [0.717, 1.165) is 11.1 Å². The molecule has 0 amide bonds. The third kappa shape index (κ3) is 2.60. The van der Waals surface area contributed by atoms with Gasteiger partial charge in [0.15, 0.2) is 11.5 Å². The summed E-state index contributed by atoms with van der Waals surface area (Å²) in [7, 11) is 3.13. The predicted octanol–water partition coefficient (Wildman–Crippen LogP) is 3.53. The Balaban J connectivity index is 2.54. The highest BCUT2D eigenvalue weighted by Crippen LogP contribution is 2.38. The summed E-state index contributed by atoms with van der Waals surface area (Å²) in [6, 6.07) is 10.2. The zero-order chi connectivity index (χ0) is 14.7. The van der Waals surface area contributed by atoms with Crippen molar-refractivity contribution >= 4 is 0 Å². The topological polar surface area (TPSA) is 44.5 Å². The second kappa shape index (κ2) is 5.92. The SMILES string of the molecule is COc1cccc(-c2ccc(C(C)N)c(F)c2)c1OC. The largest absolute Gasteiger partial charge is 0.493 e. The van der Waals surface area contributed by atoms with Gasteiger partial charge in [0.05, 0.1) is 14.2 Å². The van der Waals surface area contributed by atoms with E-state index in [1.54, 1.807) is 33.3 Å². The lowest BCUT2D eigenvalue weighted by Crippen LogP contribution is -2.07. The molecule has 0 aromatic heterocycles. The zero-order valence-electron chi connectivity index (χ0n) is 11.8. The predicted molar refractivity (Wildman–Crippen MR) is 77.5 cm³/mol. The van der Waals surface area contributed by atoms with Crippen molar-refractivity contribution in [1.29, 1.82) is 0 Å². The molecule has 1 atom stereocenters. The van der Waals surface area contributed by atoms with Crippen LogP contribution >= 0.6 is 0 Å². The average molecular weight is 275 g/mol. The fourth-order valence-corrected chi connectivity index (χ4v) is 2.18. The van der Waals surface area contributed by atoms with E-state index in [9.17, 15) is 4.39 Å². The minimum absolute atomic E-state index is 0.317. The fourth-order valence-electron chi connectivity index (χ4n) is 2.18. The zero-order valence-corrected chi connectivity index (χ0v) is 11.8. The van der Waals surface area contributed by atoms with E-state index in [-0.39, 0.29) is 11.9 Å². The van der Waals surface area contributed by atoms with E-state index in [0.29, 0.717) is 17.1 Å². The van der Waals surface area contributed by atoms with Gasteiger partial charge in [0, 0.05) is 17.2 Å². The number of hydrogen-bond donors (Lipinski definition) is 1. The molecule has 1 unspecified atom stereocenters. The maximum atomic E-state index is 14.1. The maximum Gasteiger partial charge on any atom is 0.168 e. The van der Waals surface area contributed by atoms with Gasteiger partial charge in [-0.05, 0) is 24.6 Å². The highest BCUT2D eigenvalue weighted by atomic mass is 19.1. The lowest BCUT2D eigenvalue weighted by molar-refractivity contribution is 0.356. The Kier molecular flexibility index (Phi) is 4.25. The third-order valence-electron chi connectivity index (χ3n) is 3.20. The van der Waals surface area contributed by atoms with E-state index in [4.69, 9.17) is 15.2 Å². The van der Waals surface area contributed by atoms with E-state index in [2.05, 4.69) is 0 Å². The van der Waals surface area contributed by atoms with Gasteiger partial charge in [-0.3, -0.25) is 0 Å². The lowest BCUT2D eigenvalue weighted by atomic mass is 10.00. The standard InChI is InChI=1S/C16H18FNO2/c1-10(18)12-8-7-11(9-14(12)17)13-5-4-6-15(19-2)16(13)20-3/h4-10H,18H2,1-3H3. The van der Waals surface area contributed by atoms with Crippen LogP contribution in [0.5, 0.6) is 11.5 Å². The molecule has 0 spiro atoms. The van der Waals surface area contributed by atoms with Crippen molar-refractivity contribution < 1.29 is 13.9 Å². The highest BCUT2D eigenvalue weighted by Gasteiger charge is 2.14. The molecule has 2 aromatic carbocycles. The molecule has 0 bridgehead atoms. The van der Waals surface area contributed by atoms with Gasteiger partial charge in [0.25, 0.3) is 0 Å². The van der Waals surface area contributed by atoms with E-state index < -0.39 is 0 Å². The first-order valence-corrected chi connectivity index (χ1v) is 6.35. The van der Waals surface area contributed by atoms with Crippen molar-refractivity contribution in [3.05, 3.63) is 47.8 Å². The van der Waals surface area contributed by atoms with Crippen LogP contribution in [0.2, 0.25) is 0 Å². The van der Waals surface area contributed by atoms with Crippen molar-refractivity contribution in [1.82, 2.24) is 0 Å². The smallest absolute Gasteiger partial charge is 0.168 e. The molecule has 3 nitrogen and oxygen atoms in total. The Labute approximate surface area is 118 Å². The number of hydrogen-bond acceptors (Lipinski definition) is 3. The summed E-state index contributed by atoms with van der Waals surface area (Å²) < 4.78 is 24.7. The van der Waals surface area contributed by atoms with Crippen LogP contribution in [0.3, 0.4) is 0 Å². The van der Waals surface area contributed by atoms with E-state index in [1.807, 2.05) is 18.2 Å². The molecule has 0 saturated heterocycles. The quantitative estimate of drug-likeness (QED) is 0.928. The van der Waals surface area contributed by atoms with Crippen LogP contribution in [-0.2, 0) is 0 Å². The second-order valence-corrected chi connectivity index (χ2v) is 4.57. The number of rotatable bonds is 4. The summed E-state index contributed by atoms with van der Waals surface area (Å²) in [6.07, 6.45) is 0. The summed E-state index contributed by atoms with van der Waals surface area (Å²) in [5.74, 6) is 0.881. The lowest BCUT2D eigenvalue weighted by Gasteiger charge is -2.14. The van der Waals surface area contributed by atoms with Crippen molar-refractivity contribution in [2.24, 2.45) is 5.73 Å². The highest BCUT2D eigenvalue weighted by molar-refractivity contribution is 5.74. The number of nitrogens with two attached hydrogens (primary N) is 1. The molecule has 0 radical (unpaired) electrons. The van der Waals surface area contributed by atoms with Gasteiger partial charge >= 0.3 is 0 Å². The molecule has 4 heteroatoms. The molecule has 0 aliphatic rings. The Bertz CT molecular complexity index is 611. The van der Waals surface area contributed by atoms with Gasteiger partial charge in [-0.2, -0.15) is 0 Å². The van der Waals surface area contributed by atoms with Crippen molar-refractivity contribution in [3.8, 4) is 22.6 Å². The first-order chi connectivity index (χ1) is 9.58. The van der Waals surface area contributed by atoms with Gasteiger partial charge in [-0.15, -0.1) is 0 Å². The van der Waals surface area contributed by atoms with Gasteiger partial charge < -0.3 is 15.2 Å². The molecule has 0 heterocycles. The molecule has 2 aromatic rings. The van der Waals surface area contributed by atoms with Crippen LogP contribution in [-0.4, -0.2) is 14.2 Å². The normalized spacial score (nSPS) is 12.1. The number of benzene rings is 2. The maximum absolute atomic E-state index is 14.1. The number of para-hydroxylation sites is 1. The Morgan fingerprint density at radius 2 is 1.85 bits per heavy atom. The van der Waals surface area contributed by atoms with Crippen LogP contribution in [0.15, 0.2) is 36.4 Å². The molecule has 0 aliphatic carbocycles. The minimum Gasteiger partial charge on any atom is -0.493 e. The molecule has 2 rings (SSSR count). The average Bonchev–Trinajstić information content (AvgIpc) is 2.45.